The van der Waals surface area contributed by atoms with Crippen molar-refractivity contribution in [1.29, 1.82) is 0 Å². The monoisotopic (exact) mass is 230 g/mol. The smallest absolute Gasteiger partial charge is 0.0693 e. The highest BCUT2D eigenvalue weighted by atomic mass is 35.5. The van der Waals surface area contributed by atoms with Crippen LogP contribution in [-0.2, 0) is 18.3 Å². The molecule has 86 valence electrons. The molecule has 2 unspecified atom stereocenters. The number of rotatable bonds is 5. The highest BCUT2D eigenvalue weighted by Gasteiger charge is 2.11. The van der Waals surface area contributed by atoms with Gasteiger partial charge in [0, 0.05) is 38.6 Å². The Morgan fingerprint density at radius 2 is 2.20 bits per heavy atom. The standard InChI is InChI=1S/C11H19ClN2O/c1-8(9(2)15-4)13-6-11-5-10(12)7-14(11)3/h5,7-9,13H,6H2,1-4H3. The first-order valence-electron chi connectivity index (χ1n) is 5.11. The summed E-state index contributed by atoms with van der Waals surface area (Å²) in [7, 11) is 3.72. The highest BCUT2D eigenvalue weighted by Crippen LogP contribution is 2.12. The third kappa shape index (κ3) is 3.52. The minimum atomic E-state index is 0.209. The Morgan fingerprint density at radius 1 is 1.53 bits per heavy atom. The molecular weight excluding hydrogens is 212 g/mol. The molecular formula is C11H19ClN2O. The Kier molecular flexibility index (Phi) is 4.64. The van der Waals surface area contributed by atoms with E-state index < -0.39 is 0 Å². The number of methoxy groups -OCH3 is 1. The summed E-state index contributed by atoms with van der Waals surface area (Å²) >= 11 is 5.90. The van der Waals surface area contributed by atoms with Gasteiger partial charge in [-0.3, -0.25) is 0 Å². The minimum Gasteiger partial charge on any atom is -0.380 e. The van der Waals surface area contributed by atoms with Gasteiger partial charge in [-0.05, 0) is 19.9 Å². The fourth-order valence-electron chi connectivity index (χ4n) is 1.38. The Balaban J connectivity index is 2.46. The molecule has 1 N–H and O–H groups in total. The molecule has 1 heterocycles. The third-order valence-corrected chi connectivity index (χ3v) is 2.96. The van der Waals surface area contributed by atoms with Crippen LogP contribution < -0.4 is 5.32 Å². The van der Waals surface area contributed by atoms with Crippen molar-refractivity contribution in [2.24, 2.45) is 7.05 Å². The Labute approximate surface area is 96.4 Å². The van der Waals surface area contributed by atoms with E-state index in [0.29, 0.717) is 6.04 Å². The Hall–Kier alpha value is -0.510. The second-order valence-corrected chi connectivity index (χ2v) is 4.31. The van der Waals surface area contributed by atoms with Gasteiger partial charge in [-0.2, -0.15) is 0 Å². The quantitative estimate of drug-likeness (QED) is 0.840. The van der Waals surface area contributed by atoms with Crippen molar-refractivity contribution in [3.05, 3.63) is 23.0 Å². The lowest BCUT2D eigenvalue weighted by atomic mass is 10.2. The molecule has 0 aromatic carbocycles. The van der Waals surface area contributed by atoms with Gasteiger partial charge < -0.3 is 14.6 Å². The van der Waals surface area contributed by atoms with Gasteiger partial charge >= 0.3 is 0 Å². The lowest BCUT2D eigenvalue weighted by molar-refractivity contribution is 0.0880. The molecule has 4 heteroatoms. The van der Waals surface area contributed by atoms with E-state index in [2.05, 4.69) is 19.2 Å². The molecule has 0 radical (unpaired) electrons. The number of aromatic nitrogens is 1. The van der Waals surface area contributed by atoms with Crippen molar-refractivity contribution in [3.63, 3.8) is 0 Å². The zero-order chi connectivity index (χ0) is 11.4. The highest BCUT2D eigenvalue weighted by molar-refractivity contribution is 6.30. The molecule has 0 aliphatic carbocycles. The van der Waals surface area contributed by atoms with Crippen LogP contribution in [0.3, 0.4) is 0 Å². The average Bonchev–Trinajstić information content (AvgIpc) is 2.52. The molecule has 2 atom stereocenters. The normalized spacial score (nSPS) is 15.3. The predicted octanol–water partition coefficient (Wildman–Crippen LogP) is 2.19. The van der Waals surface area contributed by atoms with Gasteiger partial charge in [0.2, 0.25) is 0 Å². The van der Waals surface area contributed by atoms with E-state index in [-0.39, 0.29) is 6.10 Å². The van der Waals surface area contributed by atoms with E-state index in [1.54, 1.807) is 7.11 Å². The van der Waals surface area contributed by atoms with Crippen LogP contribution in [-0.4, -0.2) is 23.8 Å². The molecule has 1 rings (SSSR count). The van der Waals surface area contributed by atoms with Gasteiger partial charge in [-0.1, -0.05) is 11.6 Å². The topological polar surface area (TPSA) is 26.2 Å². The maximum Gasteiger partial charge on any atom is 0.0693 e. The first kappa shape index (κ1) is 12.6. The molecule has 0 fully saturated rings. The molecule has 0 aliphatic rings. The summed E-state index contributed by atoms with van der Waals surface area (Å²) in [5.41, 5.74) is 1.18. The number of hydrogen-bond donors (Lipinski definition) is 1. The number of nitrogens with zero attached hydrogens (tertiary/aromatic N) is 1. The van der Waals surface area contributed by atoms with E-state index >= 15 is 0 Å². The number of aryl methyl sites for hydroxylation is 1. The van der Waals surface area contributed by atoms with Crippen molar-refractivity contribution in [3.8, 4) is 0 Å². The van der Waals surface area contributed by atoms with Crippen LogP contribution in [0.15, 0.2) is 12.3 Å². The lowest BCUT2D eigenvalue weighted by Gasteiger charge is -2.20. The molecule has 3 nitrogen and oxygen atoms in total. The maximum atomic E-state index is 5.90. The molecule has 0 saturated heterocycles. The largest absolute Gasteiger partial charge is 0.380 e. The van der Waals surface area contributed by atoms with E-state index in [4.69, 9.17) is 16.3 Å². The molecule has 15 heavy (non-hydrogen) atoms. The predicted molar refractivity (Wildman–Crippen MR) is 63.2 cm³/mol. The van der Waals surface area contributed by atoms with Crippen LogP contribution >= 0.6 is 11.6 Å². The van der Waals surface area contributed by atoms with Crippen LogP contribution in [0.2, 0.25) is 5.02 Å². The summed E-state index contributed by atoms with van der Waals surface area (Å²) in [6.45, 7) is 4.96. The van der Waals surface area contributed by atoms with Gasteiger partial charge in [0.05, 0.1) is 11.1 Å². The Bertz CT molecular complexity index is 312. The minimum absolute atomic E-state index is 0.209. The van der Waals surface area contributed by atoms with Crippen molar-refractivity contribution in [1.82, 2.24) is 9.88 Å². The van der Waals surface area contributed by atoms with E-state index in [9.17, 15) is 0 Å². The molecule has 0 bridgehead atoms. The van der Waals surface area contributed by atoms with Gasteiger partial charge in [-0.15, -0.1) is 0 Å². The third-order valence-electron chi connectivity index (χ3n) is 2.76. The number of ether oxygens (including phenoxy) is 1. The van der Waals surface area contributed by atoms with Crippen LogP contribution in [0.1, 0.15) is 19.5 Å². The average molecular weight is 231 g/mol. The van der Waals surface area contributed by atoms with Crippen LogP contribution in [0.5, 0.6) is 0 Å². The molecule has 0 spiro atoms. The summed E-state index contributed by atoms with van der Waals surface area (Å²) in [5, 5.41) is 4.18. The summed E-state index contributed by atoms with van der Waals surface area (Å²) in [6.07, 6.45) is 2.11. The second-order valence-electron chi connectivity index (χ2n) is 3.87. The van der Waals surface area contributed by atoms with Gasteiger partial charge in [0.25, 0.3) is 0 Å². The van der Waals surface area contributed by atoms with E-state index in [1.165, 1.54) is 5.69 Å². The number of halogens is 1. The Morgan fingerprint density at radius 3 is 2.67 bits per heavy atom. The number of hydrogen-bond acceptors (Lipinski definition) is 2. The summed E-state index contributed by atoms with van der Waals surface area (Å²) in [5.74, 6) is 0. The fourth-order valence-corrected chi connectivity index (χ4v) is 1.65. The zero-order valence-corrected chi connectivity index (χ0v) is 10.5. The van der Waals surface area contributed by atoms with Gasteiger partial charge in [0.15, 0.2) is 0 Å². The number of nitrogens with one attached hydrogen (secondary N) is 1. The molecule has 1 aromatic rings. The van der Waals surface area contributed by atoms with Crippen LogP contribution in [0.4, 0.5) is 0 Å². The lowest BCUT2D eigenvalue weighted by Crippen LogP contribution is -2.36. The van der Waals surface area contributed by atoms with Crippen molar-refractivity contribution in [2.45, 2.75) is 32.5 Å². The summed E-state index contributed by atoms with van der Waals surface area (Å²) in [4.78, 5) is 0. The van der Waals surface area contributed by atoms with E-state index in [1.807, 2.05) is 23.9 Å². The van der Waals surface area contributed by atoms with Crippen molar-refractivity contribution >= 4 is 11.6 Å². The first-order valence-corrected chi connectivity index (χ1v) is 5.49. The summed E-state index contributed by atoms with van der Waals surface area (Å²) < 4.78 is 7.27. The van der Waals surface area contributed by atoms with Crippen LogP contribution in [0.25, 0.3) is 0 Å². The molecule has 0 saturated carbocycles. The molecule has 1 aromatic heterocycles. The maximum absolute atomic E-state index is 5.90. The molecule has 0 aliphatic heterocycles. The van der Waals surface area contributed by atoms with Crippen LogP contribution in [0, 0.1) is 0 Å². The fraction of sp³-hybridized carbons (Fsp3) is 0.636. The van der Waals surface area contributed by atoms with Gasteiger partial charge in [-0.25, -0.2) is 0 Å². The van der Waals surface area contributed by atoms with Gasteiger partial charge in [0.1, 0.15) is 0 Å². The first-order chi connectivity index (χ1) is 7.04. The van der Waals surface area contributed by atoms with Crippen molar-refractivity contribution < 1.29 is 4.74 Å². The zero-order valence-electron chi connectivity index (χ0n) is 9.75. The van der Waals surface area contributed by atoms with Crippen molar-refractivity contribution in [2.75, 3.05) is 7.11 Å². The SMILES string of the molecule is COC(C)C(C)NCc1cc(Cl)cn1C. The van der Waals surface area contributed by atoms with E-state index in [0.717, 1.165) is 11.6 Å². The second kappa shape index (κ2) is 5.54. The molecule has 0 amide bonds. The summed E-state index contributed by atoms with van der Waals surface area (Å²) in [6, 6.07) is 2.29.